The molecule has 0 spiro atoms. The first-order chi connectivity index (χ1) is 51.9. The van der Waals surface area contributed by atoms with Crippen LogP contribution in [0.5, 0.6) is 0 Å². The van der Waals surface area contributed by atoms with E-state index in [0.29, 0.717) is 12.0 Å². The first-order valence-electron chi connectivity index (χ1n) is 34.7. The number of thioether (sulfide) groups is 1. The molecular formula is C70H86N18O17S5. The molecule has 5 aromatic rings. The standard InChI is InChI=1S/C70H86N18O17S5/c1-14-27(3)47(72-13)61(101)76-30(6)55(95)74-29(5)54(94)75-31(7)56(96)88-70-20-19-39(64-82-42(23-107-64)57(97)73-28(4)53(71)93)78-51(70)41-22-108-65(80-41)49(34(10)105-67(103)40-21-37(32(8)89)36-17-16-18-46(92)50(36)77-40)86-58(98)43-25-109-66(83-43)52(69(12,104)35(11)91)87-60(100)44-24-106-63(81-44)38(15-2)79-62(102)48(33(9)90)85-59(99)45-26-110-68(70)84-45/h15-17,21-23,25-27,30-35,44,46-49,51-52,72,89-92,104H,4-5,14,18-20,24H2,1-3,6-13H3,(H2,71,93)(H,73,97)(H,74,95)(H,75,94)(H,76,101)(H,79,102)(H,85,99)(H,86,98)(H,87,100)(H,88,96). The molecule has 5 aromatic heterocycles. The summed E-state index contributed by atoms with van der Waals surface area (Å²) in [7, 11) is 1.60. The quantitative estimate of drug-likeness (QED) is 0.0347. The molecule has 0 saturated carbocycles. The van der Waals surface area contributed by atoms with E-state index in [4.69, 9.17) is 25.4 Å². The molecule has 0 saturated heterocycles. The fraction of sp³-hybridized carbons (Fsp3) is 0.457. The van der Waals surface area contributed by atoms with E-state index in [1.807, 2.05) is 13.8 Å². The van der Waals surface area contributed by atoms with E-state index in [9.17, 15) is 68.7 Å². The van der Waals surface area contributed by atoms with E-state index in [1.165, 1.54) is 82.1 Å². The van der Waals surface area contributed by atoms with Gasteiger partial charge >= 0.3 is 5.97 Å². The Morgan fingerprint density at radius 3 is 2.12 bits per heavy atom. The first-order valence-corrected chi connectivity index (χ1v) is 39.2. The molecule has 110 heavy (non-hydrogen) atoms. The topological polar surface area (TPSA) is 534 Å². The van der Waals surface area contributed by atoms with Gasteiger partial charge in [-0.15, -0.1) is 57.1 Å². The van der Waals surface area contributed by atoms with Gasteiger partial charge in [-0.05, 0) is 99.2 Å². The Morgan fingerprint density at radius 2 is 1.46 bits per heavy atom. The van der Waals surface area contributed by atoms with Crippen LogP contribution in [0.2, 0.25) is 0 Å². The van der Waals surface area contributed by atoms with Crippen LogP contribution >= 0.6 is 57.1 Å². The summed E-state index contributed by atoms with van der Waals surface area (Å²) in [6.07, 6.45) is -1.75. The molecule has 0 radical (unpaired) electrons. The lowest BCUT2D eigenvalue weighted by Gasteiger charge is -2.41. The Bertz CT molecular complexity index is 4600. The van der Waals surface area contributed by atoms with Crippen LogP contribution in [0.3, 0.4) is 0 Å². The van der Waals surface area contributed by atoms with Crippen LogP contribution in [-0.4, -0.2) is 193 Å². The minimum atomic E-state index is -2.18. The second-order valence-corrected chi connectivity index (χ2v) is 31.3. The number of aliphatic hydroxyl groups is 5. The largest absolute Gasteiger partial charge is 0.455 e. The van der Waals surface area contributed by atoms with E-state index in [2.05, 4.69) is 86.3 Å². The van der Waals surface area contributed by atoms with Gasteiger partial charge in [0.05, 0.1) is 58.5 Å². The number of carbonyl (C=O) groups excluding carboxylic acids is 11. The molecule has 588 valence electrons. The molecule has 40 heteroatoms. The molecule has 10 amide bonds. The monoisotopic (exact) mass is 1610 g/mol. The summed E-state index contributed by atoms with van der Waals surface area (Å²) in [4.78, 5) is 188. The van der Waals surface area contributed by atoms with Crippen LogP contribution in [0.4, 0.5) is 0 Å². The van der Waals surface area contributed by atoms with Gasteiger partial charge in [0.15, 0.2) is 0 Å². The number of fused-ring (bicyclic) bond motifs is 11. The van der Waals surface area contributed by atoms with E-state index >= 15 is 9.59 Å². The summed E-state index contributed by atoms with van der Waals surface area (Å²) in [5.74, 6) is -10.1. The molecule has 35 nitrogen and oxygen atoms in total. The Kier molecular flexibility index (Phi) is 27.2. The second kappa shape index (κ2) is 35.5. The molecular weight excluding hydrogens is 1530 g/mol. The third kappa shape index (κ3) is 18.8. The smallest absolute Gasteiger partial charge is 0.357 e. The molecule has 16 atom stereocenters. The molecule has 3 aliphatic heterocycles. The van der Waals surface area contributed by atoms with Crippen molar-refractivity contribution in [1.29, 1.82) is 0 Å². The Balaban J connectivity index is 1.20. The number of nitrogens with one attached hydrogen (secondary N) is 10. The number of esters is 1. The normalized spacial score (nSPS) is 23.3. The van der Waals surface area contributed by atoms with Crippen molar-refractivity contribution in [3.63, 3.8) is 0 Å². The molecule has 8 bridgehead atoms. The van der Waals surface area contributed by atoms with Crippen molar-refractivity contribution in [3.8, 4) is 0 Å². The summed E-state index contributed by atoms with van der Waals surface area (Å²) < 4.78 is 6.17. The number of aliphatic imine (C=N–C) groups is 2. The number of nitrogens with two attached hydrogens (primary N) is 1. The molecule has 9 rings (SSSR count). The summed E-state index contributed by atoms with van der Waals surface area (Å²) in [5.41, 5.74) is -0.110. The van der Waals surface area contributed by atoms with Gasteiger partial charge in [-0.25, -0.2) is 29.7 Å². The number of hydrogen-bond donors (Lipinski definition) is 16. The molecule has 1 aliphatic carbocycles. The van der Waals surface area contributed by atoms with Crippen molar-refractivity contribution in [2.24, 2.45) is 21.6 Å². The number of likely N-dealkylation sites (N-methyl/N-ethyl adjacent to an activating group) is 1. The van der Waals surface area contributed by atoms with E-state index in [0.717, 1.165) is 57.1 Å². The third-order valence-electron chi connectivity index (χ3n) is 18.7. The number of rotatable bonds is 22. The van der Waals surface area contributed by atoms with Gasteiger partial charge in [0.25, 0.3) is 29.5 Å². The highest BCUT2D eigenvalue weighted by atomic mass is 32.2. The van der Waals surface area contributed by atoms with Gasteiger partial charge in [-0.1, -0.05) is 51.7 Å². The lowest BCUT2D eigenvalue weighted by Crippen LogP contribution is -2.57. The highest BCUT2D eigenvalue weighted by Crippen LogP contribution is 2.48. The SMILES string of the molecule is C=C(NC(=O)c1csc(C2=NC3c4csc(n4)C(C(C)OC(=O)c4cc(C(C)O)c5c(n4)C(O)CC=C5)NC(=O)c4csc(n4)C(C(C)(O)C(C)O)NC(=O)C4CSC(=N4)C(=CC)NC(=O)C(C(C)O)NC(=O)c4csc(n4)C3(NC(=O)C(C)NC(=O)C(=C)NC(=O)C(C)NC(=O)C(NC)C(C)CC)CC2)n1)C(N)=O. The zero-order chi connectivity index (χ0) is 80.7. The number of carbonyl (C=O) groups is 11. The number of pyridine rings is 1. The van der Waals surface area contributed by atoms with Crippen LogP contribution < -0.4 is 58.9 Å². The minimum absolute atomic E-state index is 0.00288. The van der Waals surface area contributed by atoms with Crippen LogP contribution in [0.1, 0.15) is 210 Å². The number of ether oxygens (including phenoxy) is 1. The van der Waals surface area contributed by atoms with Crippen molar-refractivity contribution < 1.29 is 83.0 Å². The zero-order valence-corrected chi connectivity index (χ0v) is 65.6. The maximum absolute atomic E-state index is 15.3. The van der Waals surface area contributed by atoms with Gasteiger partial charge in [0.1, 0.15) is 113 Å². The van der Waals surface area contributed by atoms with E-state index in [1.54, 1.807) is 26.1 Å². The van der Waals surface area contributed by atoms with Gasteiger partial charge in [-0.3, -0.25) is 57.9 Å². The molecule has 16 unspecified atom stereocenters. The highest BCUT2D eigenvalue weighted by molar-refractivity contribution is 8.14. The molecule has 0 aromatic carbocycles. The van der Waals surface area contributed by atoms with Crippen molar-refractivity contribution in [3.05, 3.63) is 135 Å². The molecule has 17 N–H and O–H groups in total. The third-order valence-corrected chi connectivity index (χ3v) is 23.6. The highest BCUT2D eigenvalue weighted by Gasteiger charge is 2.51. The number of allylic oxidation sites excluding steroid dienone is 1. The number of thiazole rings is 4. The fourth-order valence-corrected chi connectivity index (χ4v) is 16.7. The Morgan fingerprint density at radius 1 is 0.791 bits per heavy atom. The molecule has 4 aliphatic rings. The van der Waals surface area contributed by atoms with Crippen LogP contribution in [0, 0.1) is 5.92 Å². The molecule has 8 heterocycles. The minimum Gasteiger partial charge on any atom is -0.455 e. The van der Waals surface area contributed by atoms with Gasteiger partial charge in [0, 0.05) is 32.8 Å². The predicted molar refractivity (Wildman–Crippen MR) is 408 cm³/mol. The Hall–Kier alpha value is -9.75. The number of nitrogens with zero attached hydrogens (tertiary/aromatic N) is 7. The fourth-order valence-electron chi connectivity index (χ4n) is 11.9. The van der Waals surface area contributed by atoms with E-state index in [-0.39, 0.29) is 107 Å². The summed E-state index contributed by atoms with van der Waals surface area (Å²) in [6, 6.07) is -9.56. The van der Waals surface area contributed by atoms with Crippen molar-refractivity contribution in [2.75, 3.05) is 12.8 Å². The average Bonchev–Trinajstić information content (AvgIpc) is 1.63. The van der Waals surface area contributed by atoms with Crippen LogP contribution in [-0.2, 0) is 43.8 Å². The van der Waals surface area contributed by atoms with Gasteiger partial charge in [-0.2, -0.15) is 0 Å². The number of aromatic nitrogens is 5. The van der Waals surface area contributed by atoms with Gasteiger partial charge < -0.3 is 89.2 Å². The lowest BCUT2D eigenvalue weighted by atomic mass is 9.80. The maximum atomic E-state index is 15.3. The number of primary amides is 1. The van der Waals surface area contributed by atoms with Crippen molar-refractivity contribution in [2.45, 2.75) is 185 Å². The lowest BCUT2D eigenvalue weighted by molar-refractivity contribution is -0.131. The summed E-state index contributed by atoms with van der Waals surface area (Å²) >= 11 is 4.54. The molecule has 0 fully saturated rings. The predicted octanol–water partition coefficient (Wildman–Crippen LogP) is 1.78. The maximum Gasteiger partial charge on any atom is 0.357 e. The van der Waals surface area contributed by atoms with Crippen molar-refractivity contribution >= 4 is 139 Å². The zero-order valence-electron chi connectivity index (χ0n) is 61.5. The average molecular weight is 1610 g/mol. The number of amides is 10. The number of aliphatic hydroxyl groups excluding tert-OH is 4. The first kappa shape index (κ1) is 84.3. The van der Waals surface area contributed by atoms with E-state index < -0.39 is 166 Å². The summed E-state index contributed by atoms with van der Waals surface area (Å²) in [6.45, 7) is 21.8. The van der Waals surface area contributed by atoms with Crippen LogP contribution in [0.15, 0.2) is 80.0 Å². The second-order valence-electron chi connectivity index (χ2n) is 26.8. The van der Waals surface area contributed by atoms with Crippen LogP contribution in [0.25, 0.3) is 6.08 Å². The summed E-state index contributed by atoms with van der Waals surface area (Å²) in [5, 5.41) is 88.5. The van der Waals surface area contributed by atoms with Crippen molar-refractivity contribution in [1.82, 2.24) is 78.1 Å². The Labute approximate surface area is 650 Å². The number of hydrogen-bond acceptors (Lipinski definition) is 30. The van der Waals surface area contributed by atoms with Gasteiger partial charge in [0.2, 0.25) is 29.5 Å².